The molecule has 2 amide bonds. The zero-order chi connectivity index (χ0) is 32.6. The molecule has 45 heavy (non-hydrogen) atoms. The number of likely N-dealkylation sites (tertiary alicyclic amines) is 1. The minimum atomic E-state index is -4.64. The number of nitrogens with zero attached hydrogens (tertiary/aromatic N) is 1. The number of nitrogens with two attached hydrogens (primary N) is 1. The zero-order valence-electron chi connectivity index (χ0n) is 24.0. The van der Waals surface area contributed by atoms with Gasteiger partial charge in [-0.25, -0.2) is 12.8 Å². The van der Waals surface area contributed by atoms with Crippen molar-refractivity contribution in [3.8, 4) is 5.75 Å². The van der Waals surface area contributed by atoms with Crippen LogP contribution in [-0.4, -0.2) is 38.2 Å². The Kier molecular flexibility index (Phi) is 9.19. The van der Waals surface area contributed by atoms with E-state index in [9.17, 15) is 35.6 Å². The van der Waals surface area contributed by atoms with Crippen LogP contribution in [0.1, 0.15) is 48.8 Å². The molecule has 0 radical (unpaired) electrons. The number of sulfone groups is 1. The normalized spacial score (nSPS) is 22.3. The van der Waals surface area contributed by atoms with Crippen LogP contribution in [-0.2, 0) is 37.0 Å². The third kappa shape index (κ3) is 6.53. The second-order valence-corrected chi connectivity index (χ2v) is 14.2. The van der Waals surface area contributed by atoms with Gasteiger partial charge in [0.2, 0.25) is 11.8 Å². The molecular weight excluding hydrogens is 636 g/mol. The van der Waals surface area contributed by atoms with E-state index in [0.717, 1.165) is 18.2 Å². The molecule has 2 N–H and O–H groups in total. The lowest BCUT2D eigenvalue weighted by atomic mass is 9.81. The zero-order valence-corrected chi connectivity index (χ0v) is 25.6. The second kappa shape index (κ2) is 12.6. The first kappa shape index (κ1) is 32.7. The van der Waals surface area contributed by atoms with Crippen LogP contribution in [0.3, 0.4) is 0 Å². The van der Waals surface area contributed by atoms with Crippen molar-refractivity contribution in [3.05, 3.63) is 94.3 Å². The van der Waals surface area contributed by atoms with Gasteiger partial charge in [0.25, 0.3) is 0 Å². The molecular formula is C32H31ClF4N2O5S. The Balaban J connectivity index is 1.42. The number of ether oxygens (including phenoxy) is 1. The average Bonchev–Trinajstić information content (AvgIpc) is 3.47. The minimum Gasteiger partial charge on any atom is -0.489 e. The Bertz CT molecular complexity index is 1680. The van der Waals surface area contributed by atoms with E-state index < -0.39 is 44.7 Å². The molecule has 13 heteroatoms. The highest BCUT2D eigenvalue weighted by molar-refractivity contribution is 7.92. The van der Waals surface area contributed by atoms with Gasteiger partial charge in [0.15, 0.2) is 9.84 Å². The van der Waals surface area contributed by atoms with E-state index in [1.54, 1.807) is 0 Å². The van der Waals surface area contributed by atoms with Gasteiger partial charge >= 0.3 is 6.18 Å². The number of hydrogen-bond acceptors (Lipinski definition) is 5. The summed E-state index contributed by atoms with van der Waals surface area (Å²) < 4.78 is 86.8. The summed E-state index contributed by atoms with van der Waals surface area (Å²) in [5.41, 5.74) is 4.62. The molecule has 1 aliphatic heterocycles. The molecule has 0 unspecified atom stereocenters. The third-order valence-electron chi connectivity index (χ3n) is 8.85. The lowest BCUT2D eigenvalue weighted by molar-refractivity contribution is -0.138. The summed E-state index contributed by atoms with van der Waals surface area (Å²) in [4.78, 5) is 26.5. The van der Waals surface area contributed by atoms with E-state index in [4.69, 9.17) is 22.1 Å². The van der Waals surface area contributed by atoms with Crippen molar-refractivity contribution in [3.63, 3.8) is 0 Å². The van der Waals surface area contributed by atoms with Crippen molar-refractivity contribution in [2.75, 3.05) is 13.1 Å². The molecule has 0 aromatic heterocycles. The Morgan fingerprint density at radius 3 is 2.18 bits per heavy atom. The first-order chi connectivity index (χ1) is 21.2. The summed E-state index contributed by atoms with van der Waals surface area (Å²) in [5.74, 6) is -1.68. The fraction of sp³-hybridized carbons (Fsp3) is 0.375. The second-order valence-electron chi connectivity index (χ2n) is 11.5. The number of carbonyl (C=O) groups is 2. The molecule has 1 atom stereocenters. The molecule has 7 nitrogen and oxygen atoms in total. The van der Waals surface area contributed by atoms with E-state index in [1.807, 2.05) is 0 Å². The van der Waals surface area contributed by atoms with Gasteiger partial charge in [-0.1, -0.05) is 29.8 Å². The lowest BCUT2D eigenvalue weighted by Crippen LogP contribution is -2.43. The van der Waals surface area contributed by atoms with Crippen LogP contribution in [0.15, 0.2) is 71.6 Å². The smallest absolute Gasteiger partial charge is 0.416 e. The maximum absolute atomic E-state index is 14.2. The molecule has 0 bridgehead atoms. The number of halogens is 5. The molecule has 1 saturated carbocycles. The monoisotopic (exact) mass is 666 g/mol. The molecule has 1 saturated heterocycles. The molecule has 2 aliphatic rings. The van der Waals surface area contributed by atoms with Gasteiger partial charge in [-0.15, -0.1) is 0 Å². The molecule has 240 valence electrons. The van der Waals surface area contributed by atoms with Gasteiger partial charge in [-0.3, -0.25) is 9.59 Å². The van der Waals surface area contributed by atoms with E-state index in [0.29, 0.717) is 31.2 Å². The van der Waals surface area contributed by atoms with Crippen molar-refractivity contribution in [1.29, 1.82) is 0 Å². The van der Waals surface area contributed by atoms with E-state index in [2.05, 4.69) is 0 Å². The molecule has 1 aliphatic carbocycles. The van der Waals surface area contributed by atoms with E-state index >= 15 is 0 Å². The molecule has 0 spiro atoms. The first-order valence-electron chi connectivity index (χ1n) is 14.4. The highest BCUT2D eigenvalue weighted by Gasteiger charge is 2.52. The largest absolute Gasteiger partial charge is 0.489 e. The summed E-state index contributed by atoms with van der Waals surface area (Å²) in [6.45, 7) is -0.483. The van der Waals surface area contributed by atoms with Crippen LogP contribution in [0.2, 0.25) is 5.02 Å². The van der Waals surface area contributed by atoms with Crippen molar-refractivity contribution in [2.45, 2.75) is 54.5 Å². The highest BCUT2D eigenvalue weighted by Crippen LogP contribution is 2.45. The van der Waals surface area contributed by atoms with Crippen molar-refractivity contribution >= 4 is 33.3 Å². The van der Waals surface area contributed by atoms with Gasteiger partial charge < -0.3 is 15.4 Å². The van der Waals surface area contributed by atoms with Crippen LogP contribution >= 0.6 is 11.6 Å². The van der Waals surface area contributed by atoms with Crippen LogP contribution in [0.25, 0.3) is 0 Å². The number of hydrogen-bond donors (Lipinski definition) is 1. The third-order valence-corrected chi connectivity index (χ3v) is 11.7. The van der Waals surface area contributed by atoms with Crippen LogP contribution < -0.4 is 10.5 Å². The van der Waals surface area contributed by atoms with E-state index in [-0.39, 0.29) is 58.5 Å². The summed E-state index contributed by atoms with van der Waals surface area (Å²) in [5, 5.41) is -0.107. The maximum atomic E-state index is 14.2. The maximum Gasteiger partial charge on any atom is 0.416 e. The molecule has 2 fully saturated rings. The Hall–Kier alpha value is -3.64. The summed E-state index contributed by atoms with van der Waals surface area (Å²) in [6, 6.07) is 13.8. The standard InChI is InChI=1S/C32H31ClF4N2O5S/c33-28-3-1-2-27(32(35,36)37)26(28)18-44-24-12-8-22(9-13-24)31(45(42,43)25-14-10-23(34)11-15-25)16-17-39(19-31)30(41)21-6-4-20(5-7-21)29(38)40/h1-3,8-15,20-21H,4-7,16-19H2,(H2,38,40)/t20-,21-,31-/m0/s1. The summed E-state index contributed by atoms with van der Waals surface area (Å²) >= 11 is 6.04. The molecule has 3 aromatic carbocycles. The first-order valence-corrected chi connectivity index (χ1v) is 16.3. The topological polar surface area (TPSA) is 107 Å². The highest BCUT2D eigenvalue weighted by atomic mass is 35.5. The van der Waals surface area contributed by atoms with Gasteiger partial charge in [-0.2, -0.15) is 13.2 Å². The Morgan fingerprint density at radius 2 is 1.58 bits per heavy atom. The van der Waals surface area contributed by atoms with Gasteiger partial charge in [0.05, 0.1) is 10.5 Å². The predicted molar refractivity (Wildman–Crippen MR) is 158 cm³/mol. The van der Waals surface area contributed by atoms with Gasteiger partial charge in [0.1, 0.15) is 22.9 Å². The molecule has 3 aromatic rings. The Morgan fingerprint density at radius 1 is 0.956 bits per heavy atom. The molecule has 1 heterocycles. The number of benzene rings is 3. The Labute approximate surface area is 263 Å². The minimum absolute atomic E-state index is 0.0594. The number of alkyl halides is 3. The average molecular weight is 667 g/mol. The fourth-order valence-corrected chi connectivity index (χ4v) is 8.59. The van der Waals surface area contributed by atoms with Gasteiger partial charge in [0, 0.05) is 35.5 Å². The lowest BCUT2D eigenvalue weighted by Gasteiger charge is -2.32. The van der Waals surface area contributed by atoms with E-state index in [1.165, 1.54) is 53.4 Å². The van der Waals surface area contributed by atoms with Crippen LogP contribution in [0, 0.1) is 17.7 Å². The molecule has 5 rings (SSSR count). The van der Waals surface area contributed by atoms with Gasteiger partial charge in [-0.05, 0) is 86.2 Å². The number of amides is 2. The number of primary amides is 1. The van der Waals surface area contributed by atoms with Crippen molar-refractivity contribution in [2.24, 2.45) is 17.6 Å². The SMILES string of the molecule is NC(=O)[C@H]1CC[C@H](C(=O)N2CC[C@](c3ccc(OCc4c(Cl)cccc4C(F)(F)F)cc3)(S(=O)(=O)c3ccc(F)cc3)C2)CC1. The number of carbonyl (C=O) groups excluding carboxylic acids is 2. The summed E-state index contributed by atoms with van der Waals surface area (Å²) in [6.07, 6.45) is -2.68. The fourth-order valence-electron chi connectivity index (χ4n) is 6.28. The van der Waals surface area contributed by atoms with Crippen molar-refractivity contribution < 1.29 is 40.3 Å². The van der Waals surface area contributed by atoms with Crippen molar-refractivity contribution in [1.82, 2.24) is 4.90 Å². The summed E-state index contributed by atoms with van der Waals surface area (Å²) in [7, 11) is -4.19. The van der Waals surface area contributed by atoms with Crippen LogP contribution in [0.4, 0.5) is 17.6 Å². The predicted octanol–water partition coefficient (Wildman–Crippen LogP) is 6.27. The van der Waals surface area contributed by atoms with Crippen LogP contribution in [0.5, 0.6) is 5.75 Å². The quantitative estimate of drug-likeness (QED) is 0.225. The number of rotatable bonds is 8.